The van der Waals surface area contributed by atoms with E-state index in [4.69, 9.17) is 0 Å². The van der Waals surface area contributed by atoms with Gasteiger partial charge in [-0.15, -0.1) is 0 Å². The molecule has 17 heavy (non-hydrogen) atoms. The third-order valence-electron chi connectivity index (χ3n) is 2.98. The minimum Gasteiger partial charge on any atom is -0.347 e. The molecule has 0 fully saturated rings. The number of fused-ring (bicyclic) bond motifs is 1. The lowest BCUT2D eigenvalue weighted by molar-refractivity contribution is 0.112. The van der Waals surface area contributed by atoms with Crippen molar-refractivity contribution < 1.29 is 9.18 Å². The number of rotatable bonds is 6. The highest BCUT2D eigenvalue weighted by molar-refractivity contribution is 5.97. The Morgan fingerprint density at radius 1 is 1.18 bits per heavy atom. The highest BCUT2D eigenvalue weighted by Gasteiger charge is 2.06. The van der Waals surface area contributed by atoms with Crippen molar-refractivity contribution in [3.05, 3.63) is 36.0 Å². The summed E-state index contributed by atoms with van der Waals surface area (Å²) in [4.78, 5) is 10.9. The van der Waals surface area contributed by atoms with Crippen LogP contribution >= 0.6 is 0 Å². The molecule has 0 spiro atoms. The lowest BCUT2D eigenvalue weighted by Crippen LogP contribution is -1.96. The molecule has 0 amide bonds. The van der Waals surface area contributed by atoms with Crippen molar-refractivity contribution in [2.24, 2.45) is 0 Å². The second-order valence-electron chi connectivity index (χ2n) is 4.16. The van der Waals surface area contributed by atoms with Gasteiger partial charge in [0.2, 0.25) is 0 Å². The number of nitrogens with zero attached hydrogens (tertiary/aromatic N) is 1. The number of hydrogen-bond acceptors (Lipinski definition) is 1. The van der Waals surface area contributed by atoms with Crippen molar-refractivity contribution in [1.29, 1.82) is 0 Å². The Hall–Kier alpha value is -1.64. The average Bonchev–Trinajstić information content (AvgIpc) is 2.73. The predicted octanol–water partition coefficient (Wildman–Crippen LogP) is 3.59. The summed E-state index contributed by atoms with van der Waals surface area (Å²) in [6.07, 6.45) is 5.23. The molecule has 1 heterocycles. The normalized spacial score (nSPS) is 10.9. The van der Waals surface area contributed by atoms with Crippen LogP contribution in [0.1, 0.15) is 29.6 Å². The van der Waals surface area contributed by atoms with Crippen molar-refractivity contribution in [2.45, 2.75) is 25.8 Å². The molecule has 0 bridgehead atoms. The van der Waals surface area contributed by atoms with E-state index >= 15 is 0 Å². The summed E-state index contributed by atoms with van der Waals surface area (Å²) in [5, 5.41) is 0.994. The summed E-state index contributed by atoms with van der Waals surface area (Å²) in [6.45, 7) is 0.598. The number of alkyl halides is 1. The van der Waals surface area contributed by atoms with Gasteiger partial charge in [-0.1, -0.05) is 18.2 Å². The van der Waals surface area contributed by atoms with Gasteiger partial charge in [-0.05, 0) is 25.3 Å². The standard InChI is InChI=1S/C14H16FNO/c15-8-4-1-5-9-16-10-12(11-17)13-6-2-3-7-14(13)16/h2-3,6-7,10-11H,1,4-5,8-9H2. The van der Waals surface area contributed by atoms with E-state index < -0.39 is 0 Å². The summed E-state index contributed by atoms with van der Waals surface area (Å²) in [5.74, 6) is 0. The number of hydrogen-bond donors (Lipinski definition) is 0. The number of unbranched alkanes of at least 4 members (excludes halogenated alkanes) is 2. The Kier molecular flexibility index (Phi) is 3.91. The summed E-state index contributed by atoms with van der Waals surface area (Å²) in [5.41, 5.74) is 1.81. The van der Waals surface area contributed by atoms with Crippen molar-refractivity contribution in [2.75, 3.05) is 6.67 Å². The molecule has 0 aliphatic heterocycles. The topological polar surface area (TPSA) is 22.0 Å². The fourth-order valence-corrected chi connectivity index (χ4v) is 2.11. The van der Waals surface area contributed by atoms with E-state index in [9.17, 15) is 9.18 Å². The van der Waals surface area contributed by atoms with Gasteiger partial charge < -0.3 is 4.57 Å². The van der Waals surface area contributed by atoms with Gasteiger partial charge >= 0.3 is 0 Å². The van der Waals surface area contributed by atoms with E-state index in [0.717, 1.165) is 42.1 Å². The fourth-order valence-electron chi connectivity index (χ4n) is 2.11. The molecule has 0 aliphatic carbocycles. The van der Waals surface area contributed by atoms with Crippen LogP contribution in [0.2, 0.25) is 0 Å². The van der Waals surface area contributed by atoms with Crippen molar-refractivity contribution >= 4 is 17.2 Å². The average molecular weight is 233 g/mol. The lowest BCUT2D eigenvalue weighted by Gasteiger charge is -2.04. The molecule has 1 aromatic heterocycles. The maximum Gasteiger partial charge on any atom is 0.152 e. The van der Waals surface area contributed by atoms with Crippen LogP contribution in [0.3, 0.4) is 0 Å². The molecule has 0 aliphatic rings. The van der Waals surface area contributed by atoms with E-state index in [1.54, 1.807) is 0 Å². The van der Waals surface area contributed by atoms with Crippen LogP contribution in [0.5, 0.6) is 0 Å². The quantitative estimate of drug-likeness (QED) is 0.552. The third kappa shape index (κ3) is 2.54. The zero-order valence-corrected chi connectivity index (χ0v) is 9.73. The van der Waals surface area contributed by atoms with Crippen LogP contribution in [0.15, 0.2) is 30.5 Å². The SMILES string of the molecule is O=Cc1cn(CCCCCF)c2ccccc12. The highest BCUT2D eigenvalue weighted by atomic mass is 19.1. The van der Waals surface area contributed by atoms with Gasteiger partial charge in [0.05, 0.1) is 6.67 Å². The van der Waals surface area contributed by atoms with Crippen LogP contribution in [-0.4, -0.2) is 17.5 Å². The minimum absolute atomic E-state index is 0.244. The Morgan fingerprint density at radius 2 is 2.00 bits per heavy atom. The first-order valence-corrected chi connectivity index (χ1v) is 5.96. The Bertz CT molecular complexity index is 504. The maximum absolute atomic E-state index is 12.0. The second-order valence-corrected chi connectivity index (χ2v) is 4.16. The van der Waals surface area contributed by atoms with Crippen molar-refractivity contribution in [1.82, 2.24) is 4.57 Å². The molecule has 90 valence electrons. The van der Waals surface area contributed by atoms with Crippen LogP contribution in [0.4, 0.5) is 4.39 Å². The number of para-hydroxylation sites is 1. The smallest absolute Gasteiger partial charge is 0.152 e. The molecule has 2 rings (SSSR count). The Morgan fingerprint density at radius 3 is 2.76 bits per heavy atom. The number of carbonyl (C=O) groups excluding carboxylic acids is 1. The molecule has 2 nitrogen and oxygen atoms in total. The first-order valence-electron chi connectivity index (χ1n) is 5.96. The summed E-state index contributed by atoms with van der Waals surface area (Å²) in [7, 11) is 0. The van der Waals surface area contributed by atoms with Crippen molar-refractivity contribution in [3.63, 3.8) is 0 Å². The van der Waals surface area contributed by atoms with E-state index in [1.807, 2.05) is 30.5 Å². The first-order chi connectivity index (χ1) is 8.36. The van der Waals surface area contributed by atoms with E-state index in [2.05, 4.69) is 4.57 Å². The molecule has 0 saturated carbocycles. The van der Waals surface area contributed by atoms with Gasteiger partial charge in [0.25, 0.3) is 0 Å². The van der Waals surface area contributed by atoms with Gasteiger partial charge in [-0.3, -0.25) is 9.18 Å². The number of aromatic nitrogens is 1. The minimum atomic E-state index is -0.244. The molecule has 2 aromatic rings. The molecule has 0 atom stereocenters. The molecular weight excluding hydrogens is 217 g/mol. The molecule has 1 aromatic carbocycles. The van der Waals surface area contributed by atoms with E-state index in [-0.39, 0.29) is 6.67 Å². The number of aldehydes is 1. The number of carbonyl (C=O) groups is 1. The van der Waals surface area contributed by atoms with Gasteiger partial charge in [0.15, 0.2) is 6.29 Å². The lowest BCUT2D eigenvalue weighted by atomic mass is 10.2. The van der Waals surface area contributed by atoms with Gasteiger partial charge in [0.1, 0.15) is 0 Å². The van der Waals surface area contributed by atoms with Gasteiger partial charge in [-0.25, -0.2) is 0 Å². The number of benzene rings is 1. The highest BCUT2D eigenvalue weighted by Crippen LogP contribution is 2.20. The molecule has 3 heteroatoms. The number of aryl methyl sites for hydroxylation is 1. The Balaban J connectivity index is 2.19. The van der Waals surface area contributed by atoms with Crippen LogP contribution in [0.25, 0.3) is 10.9 Å². The second kappa shape index (κ2) is 5.62. The van der Waals surface area contributed by atoms with E-state index in [1.165, 1.54) is 0 Å². The maximum atomic E-state index is 12.0. The number of halogens is 1. The fraction of sp³-hybridized carbons (Fsp3) is 0.357. The molecule has 0 saturated heterocycles. The summed E-state index contributed by atoms with van der Waals surface area (Å²) >= 11 is 0. The zero-order valence-electron chi connectivity index (χ0n) is 9.73. The zero-order chi connectivity index (χ0) is 12.1. The van der Waals surface area contributed by atoms with Crippen molar-refractivity contribution in [3.8, 4) is 0 Å². The molecule has 0 N–H and O–H groups in total. The monoisotopic (exact) mass is 233 g/mol. The Labute approximate surface area is 100 Å². The summed E-state index contributed by atoms with van der Waals surface area (Å²) in [6, 6.07) is 7.87. The van der Waals surface area contributed by atoms with Crippen LogP contribution in [0, 0.1) is 0 Å². The third-order valence-corrected chi connectivity index (χ3v) is 2.98. The predicted molar refractivity (Wildman–Crippen MR) is 67.2 cm³/mol. The molecule has 0 unspecified atom stereocenters. The van der Waals surface area contributed by atoms with Gasteiger partial charge in [0, 0.05) is 29.2 Å². The largest absolute Gasteiger partial charge is 0.347 e. The van der Waals surface area contributed by atoms with E-state index in [0.29, 0.717) is 6.42 Å². The van der Waals surface area contributed by atoms with Crippen LogP contribution in [-0.2, 0) is 6.54 Å². The molecular formula is C14H16FNO. The molecule has 0 radical (unpaired) electrons. The first kappa shape index (κ1) is 11.8. The summed E-state index contributed by atoms with van der Waals surface area (Å²) < 4.78 is 14.1. The van der Waals surface area contributed by atoms with Crippen LogP contribution < -0.4 is 0 Å². The van der Waals surface area contributed by atoms with Gasteiger partial charge in [-0.2, -0.15) is 0 Å².